The zero-order valence-electron chi connectivity index (χ0n) is 15.2. The summed E-state index contributed by atoms with van der Waals surface area (Å²) in [5.74, 6) is -0.140. The number of pyridine rings is 1. The number of alkyl halides is 3. The highest BCUT2D eigenvalue weighted by molar-refractivity contribution is 6.30. The molecule has 6 nitrogen and oxygen atoms in total. The summed E-state index contributed by atoms with van der Waals surface area (Å²) in [5.41, 5.74) is -1.27. The third kappa shape index (κ3) is 4.68. The number of aryl methyl sites for hydroxylation is 1. The summed E-state index contributed by atoms with van der Waals surface area (Å²) in [6.45, 7) is -0.629. The molecule has 0 bridgehead atoms. The molecule has 2 heterocycles. The monoisotopic (exact) mass is 424 g/mol. The smallest absolute Gasteiger partial charge is 0.341 e. The zero-order chi connectivity index (χ0) is 21.2. The maximum Gasteiger partial charge on any atom is 0.417 e. The Morgan fingerprint density at radius 1 is 1.28 bits per heavy atom. The van der Waals surface area contributed by atoms with E-state index in [1.54, 1.807) is 48.3 Å². The van der Waals surface area contributed by atoms with Crippen molar-refractivity contribution < 1.29 is 18.0 Å². The second kappa shape index (κ2) is 8.12. The number of carbonyl (C=O) groups is 1. The Morgan fingerprint density at radius 3 is 2.55 bits per heavy atom. The van der Waals surface area contributed by atoms with Crippen LogP contribution in [0.15, 0.2) is 59.8 Å². The van der Waals surface area contributed by atoms with E-state index in [1.807, 2.05) is 6.07 Å². The molecule has 1 atom stereocenters. The second-order valence-electron chi connectivity index (χ2n) is 6.32. The van der Waals surface area contributed by atoms with Crippen LogP contribution in [0.5, 0.6) is 0 Å². The van der Waals surface area contributed by atoms with E-state index in [9.17, 15) is 22.8 Å². The van der Waals surface area contributed by atoms with Crippen LogP contribution in [0.1, 0.15) is 23.0 Å². The van der Waals surface area contributed by atoms with Crippen molar-refractivity contribution in [1.82, 2.24) is 19.4 Å². The van der Waals surface area contributed by atoms with Crippen LogP contribution in [-0.2, 0) is 24.6 Å². The summed E-state index contributed by atoms with van der Waals surface area (Å²) in [7, 11) is 1.75. The number of nitrogens with zero attached hydrogens (tertiary/aromatic N) is 3. The molecule has 0 aliphatic carbocycles. The van der Waals surface area contributed by atoms with Gasteiger partial charge in [-0.2, -0.15) is 13.2 Å². The topological polar surface area (TPSA) is 68.9 Å². The molecule has 0 fully saturated rings. The van der Waals surface area contributed by atoms with E-state index < -0.39 is 40.8 Å². The standard InChI is InChI=1S/C19H16ClF3N4O2/c1-26-8-7-24-17(26)16(12-5-3-2-4-6-12)25-15(28)11-27-10-13(19(21,22)23)9-14(20)18(27)29/h2-10,16H,11H2,1H3,(H,25,28). The van der Waals surface area contributed by atoms with Gasteiger partial charge in [-0.15, -0.1) is 0 Å². The van der Waals surface area contributed by atoms with Crippen LogP contribution in [0.25, 0.3) is 0 Å². The lowest BCUT2D eigenvalue weighted by Crippen LogP contribution is -2.36. The first kappa shape index (κ1) is 20.7. The summed E-state index contributed by atoms with van der Waals surface area (Å²) in [6.07, 6.45) is -0.857. The van der Waals surface area contributed by atoms with Gasteiger partial charge in [0.25, 0.3) is 5.56 Å². The number of imidazole rings is 1. The molecule has 0 aliphatic heterocycles. The van der Waals surface area contributed by atoms with Crippen LogP contribution >= 0.6 is 11.6 Å². The predicted octanol–water partition coefficient (Wildman–Crippen LogP) is 3.16. The molecule has 1 N–H and O–H groups in total. The number of carbonyl (C=O) groups excluding carboxylic acids is 1. The highest BCUT2D eigenvalue weighted by atomic mass is 35.5. The highest BCUT2D eigenvalue weighted by Crippen LogP contribution is 2.29. The predicted molar refractivity (Wildman–Crippen MR) is 100 cm³/mol. The first-order chi connectivity index (χ1) is 13.7. The summed E-state index contributed by atoms with van der Waals surface area (Å²) >= 11 is 5.63. The van der Waals surface area contributed by atoms with Crippen molar-refractivity contribution in [2.75, 3.05) is 0 Å². The molecule has 0 aliphatic rings. The first-order valence-corrected chi connectivity index (χ1v) is 8.83. The van der Waals surface area contributed by atoms with Crippen molar-refractivity contribution in [1.29, 1.82) is 0 Å². The van der Waals surface area contributed by atoms with Gasteiger partial charge in [0.05, 0.1) is 5.56 Å². The number of hydrogen-bond donors (Lipinski definition) is 1. The molecule has 0 saturated carbocycles. The second-order valence-corrected chi connectivity index (χ2v) is 6.72. The number of amides is 1. The Kier molecular flexibility index (Phi) is 5.78. The van der Waals surface area contributed by atoms with Gasteiger partial charge >= 0.3 is 6.18 Å². The Hall–Kier alpha value is -3.07. The lowest BCUT2D eigenvalue weighted by Gasteiger charge is -2.20. The van der Waals surface area contributed by atoms with E-state index in [0.717, 1.165) is 5.56 Å². The minimum absolute atomic E-state index is 0.527. The van der Waals surface area contributed by atoms with Gasteiger partial charge in [0, 0.05) is 25.6 Å². The average molecular weight is 425 g/mol. The fourth-order valence-corrected chi connectivity index (χ4v) is 3.06. The lowest BCUT2D eigenvalue weighted by molar-refractivity contribution is -0.138. The molecule has 1 aromatic carbocycles. The molecule has 3 rings (SSSR count). The van der Waals surface area contributed by atoms with E-state index in [-0.39, 0.29) is 0 Å². The molecular formula is C19H16ClF3N4O2. The van der Waals surface area contributed by atoms with E-state index in [2.05, 4.69) is 10.3 Å². The van der Waals surface area contributed by atoms with Gasteiger partial charge < -0.3 is 14.5 Å². The molecule has 3 aromatic rings. The third-order valence-corrected chi connectivity index (χ3v) is 4.51. The maximum atomic E-state index is 13.0. The van der Waals surface area contributed by atoms with Crippen molar-refractivity contribution in [3.8, 4) is 0 Å². The van der Waals surface area contributed by atoms with Gasteiger partial charge in [-0.05, 0) is 11.6 Å². The highest BCUT2D eigenvalue weighted by Gasteiger charge is 2.32. The summed E-state index contributed by atoms with van der Waals surface area (Å²) in [6, 6.07) is 8.84. The molecule has 0 radical (unpaired) electrons. The van der Waals surface area contributed by atoms with E-state index in [1.165, 1.54) is 0 Å². The largest absolute Gasteiger partial charge is 0.417 e. The fourth-order valence-electron chi connectivity index (χ4n) is 2.83. The summed E-state index contributed by atoms with van der Waals surface area (Å²) in [4.78, 5) is 28.9. The van der Waals surface area contributed by atoms with E-state index in [4.69, 9.17) is 11.6 Å². The van der Waals surface area contributed by atoms with Gasteiger partial charge in [0.1, 0.15) is 23.4 Å². The minimum Gasteiger partial charge on any atom is -0.341 e. The summed E-state index contributed by atoms with van der Waals surface area (Å²) in [5, 5.41) is 2.11. The van der Waals surface area contributed by atoms with Crippen LogP contribution in [-0.4, -0.2) is 20.0 Å². The zero-order valence-corrected chi connectivity index (χ0v) is 15.9. The minimum atomic E-state index is -4.70. The van der Waals surface area contributed by atoms with E-state index in [0.29, 0.717) is 22.7 Å². The number of rotatable bonds is 5. The maximum absolute atomic E-state index is 13.0. The number of halogens is 4. The van der Waals surface area contributed by atoms with Crippen molar-refractivity contribution in [2.45, 2.75) is 18.8 Å². The Labute approximate surface area is 168 Å². The molecule has 2 aromatic heterocycles. The van der Waals surface area contributed by atoms with Crippen LogP contribution in [0.3, 0.4) is 0 Å². The van der Waals surface area contributed by atoms with Crippen molar-refractivity contribution in [2.24, 2.45) is 7.05 Å². The average Bonchev–Trinajstić information content (AvgIpc) is 3.09. The Balaban J connectivity index is 1.90. The van der Waals surface area contributed by atoms with Crippen molar-refractivity contribution in [3.05, 3.63) is 87.3 Å². The van der Waals surface area contributed by atoms with Gasteiger partial charge in [-0.3, -0.25) is 9.59 Å². The van der Waals surface area contributed by atoms with Crippen molar-refractivity contribution >= 4 is 17.5 Å². The quantitative estimate of drug-likeness (QED) is 0.684. The van der Waals surface area contributed by atoms with Gasteiger partial charge in [0.2, 0.25) is 5.91 Å². The van der Waals surface area contributed by atoms with Crippen LogP contribution in [0.4, 0.5) is 13.2 Å². The number of benzene rings is 1. The first-order valence-electron chi connectivity index (χ1n) is 8.45. The number of hydrogen-bond acceptors (Lipinski definition) is 3. The Morgan fingerprint density at radius 2 is 1.97 bits per heavy atom. The number of aromatic nitrogens is 3. The van der Waals surface area contributed by atoms with Gasteiger partial charge in [-0.25, -0.2) is 4.98 Å². The molecule has 1 amide bonds. The Bertz CT molecular complexity index is 1080. The fraction of sp³-hybridized carbons (Fsp3) is 0.211. The normalized spacial score (nSPS) is 12.6. The molecule has 0 saturated heterocycles. The van der Waals surface area contributed by atoms with Crippen LogP contribution in [0.2, 0.25) is 5.02 Å². The molecule has 10 heteroatoms. The lowest BCUT2D eigenvalue weighted by atomic mass is 10.1. The molecule has 0 spiro atoms. The third-order valence-electron chi connectivity index (χ3n) is 4.24. The van der Waals surface area contributed by atoms with Crippen molar-refractivity contribution in [3.63, 3.8) is 0 Å². The summed E-state index contributed by atoms with van der Waals surface area (Å²) < 4.78 is 41.3. The van der Waals surface area contributed by atoms with E-state index >= 15 is 0 Å². The number of nitrogens with one attached hydrogen (secondary N) is 1. The molecule has 1 unspecified atom stereocenters. The molecular weight excluding hydrogens is 409 g/mol. The van der Waals surface area contributed by atoms with Crippen LogP contribution < -0.4 is 10.9 Å². The molecule has 152 valence electrons. The van der Waals surface area contributed by atoms with Gasteiger partial charge in [0.15, 0.2) is 0 Å². The van der Waals surface area contributed by atoms with Gasteiger partial charge in [-0.1, -0.05) is 41.9 Å². The molecule has 29 heavy (non-hydrogen) atoms. The van der Waals surface area contributed by atoms with Crippen LogP contribution in [0, 0.1) is 0 Å². The SMILES string of the molecule is Cn1ccnc1C(NC(=O)Cn1cc(C(F)(F)F)cc(Cl)c1=O)c1ccccc1.